The van der Waals surface area contributed by atoms with Crippen molar-refractivity contribution in [3.8, 4) is 0 Å². The Kier molecular flexibility index (Phi) is 5.32. The van der Waals surface area contributed by atoms with Crippen LogP contribution in [0.25, 0.3) is 0 Å². The molecule has 0 aromatic heterocycles. The Morgan fingerprint density at radius 2 is 1.37 bits per heavy atom. The molecule has 0 N–H and O–H groups in total. The number of esters is 1. The van der Waals surface area contributed by atoms with Gasteiger partial charge in [-0.15, -0.1) is 0 Å². The highest BCUT2D eigenvalue weighted by atomic mass is 16.7. The van der Waals surface area contributed by atoms with Gasteiger partial charge in [0.1, 0.15) is 12.2 Å². The standard InChI is InChI=1S/C25H22O5/c26-24-23(22-20(28-24)16-27-25(30-22)19-14-8-3-9-15-19)29-21(17-10-4-1-5-11-17)18-12-6-2-7-13-18/h1-15,20-23,25H,16H2/t20-,22+,23-,25+/m1/s1. The van der Waals surface area contributed by atoms with E-state index in [0.29, 0.717) is 0 Å². The van der Waals surface area contributed by atoms with Crippen molar-refractivity contribution in [2.75, 3.05) is 6.61 Å². The molecule has 3 aromatic rings. The first-order chi connectivity index (χ1) is 14.8. The Bertz CT molecular complexity index is 937. The summed E-state index contributed by atoms with van der Waals surface area (Å²) in [6.07, 6.45) is -2.82. The summed E-state index contributed by atoms with van der Waals surface area (Å²) in [6, 6.07) is 29.4. The lowest BCUT2D eigenvalue weighted by atomic mass is 10.0. The molecule has 4 atom stereocenters. The predicted molar refractivity (Wildman–Crippen MR) is 109 cm³/mol. The molecule has 2 aliphatic rings. The van der Waals surface area contributed by atoms with E-state index in [0.717, 1.165) is 16.7 Å². The zero-order valence-corrected chi connectivity index (χ0v) is 16.3. The van der Waals surface area contributed by atoms with Crippen LogP contribution in [0, 0.1) is 0 Å². The van der Waals surface area contributed by atoms with Gasteiger partial charge in [-0.05, 0) is 11.1 Å². The summed E-state index contributed by atoms with van der Waals surface area (Å²) in [5.41, 5.74) is 2.83. The van der Waals surface area contributed by atoms with Gasteiger partial charge in [0.05, 0.1) is 6.61 Å². The molecule has 0 saturated carbocycles. The highest BCUT2D eigenvalue weighted by Gasteiger charge is 2.51. The zero-order valence-electron chi connectivity index (χ0n) is 16.3. The molecular formula is C25H22O5. The summed E-state index contributed by atoms with van der Waals surface area (Å²) < 4.78 is 23.9. The highest BCUT2D eigenvalue weighted by Crippen LogP contribution is 2.37. The summed E-state index contributed by atoms with van der Waals surface area (Å²) in [7, 11) is 0. The second kappa shape index (κ2) is 8.40. The van der Waals surface area contributed by atoms with Crippen molar-refractivity contribution in [2.24, 2.45) is 0 Å². The van der Waals surface area contributed by atoms with Gasteiger partial charge >= 0.3 is 5.97 Å². The van der Waals surface area contributed by atoms with Crippen LogP contribution in [-0.2, 0) is 23.7 Å². The smallest absolute Gasteiger partial charge is 0.338 e. The van der Waals surface area contributed by atoms with Crippen LogP contribution in [0.15, 0.2) is 91.0 Å². The van der Waals surface area contributed by atoms with Gasteiger partial charge in [0.15, 0.2) is 18.5 Å². The van der Waals surface area contributed by atoms with Crippen LogP contribution in [0.1, 0.15) is 29.1 Å². The molecule has 30 heavy (non-hydrogen) atoms. The summed E-state index contributed by atoms with van der Waals surface area (Å²) >= 11 is 0. The first-order valence-electron chi connectivity index (χ1n) is 10.1. The molecule has 3 aromatic carbocycles. The van der Waals surface area contributed by atoms with Crippen LogP contribution in [0.5, 0.6) is 0 Å². The van der Waals surface area contributed by atoms with Gasteiger partial charge in [-0.3, -0.25) is 0 Å². The fourth-order valence-corrected chi connectivity index (χ4v) is 3.93. The molecule has 0 spiro atoms. The number of carbonyl (C=O) groups is 1. The zero-order chi connectivity index (χ0) is 20.3. The topological polar surface area (TPSA) is 54.0 Å². The average Bonchev–Trinajstić information content (AvgIpc) is 3.13. The van der Waals surface area contributed by atoms with Crippen molar-refractivity contribution in [1.29, 1.82) is 0 Å². The van der Waals surface area contributed by atoms with E-state index < -0.39 is 36.7 Å². The number of rotatable bonds is 5. The van der Waals surface area contributed by atoms with E-state index in [4.69, 9.17) is 18.9 Å². The van der Waals surface area contributed by atoms with Gasteiger partial charge in [-0.1, -0.05) is 91.0 Å². The Hall–Kier alpha value is -2.99. The first-order valence-corrected chi connectivity index (χ1v) is 10.1. The molecule has 0 bridgehead atoms. The summed E-state index contributed by atoms with van der Waals surface area (Å²) in [5, 5.41) is 0. The van der Waals surface area contributed by atoms with Crippen molar-refractivity contribution in [3.63, 3.8) is 0 Å². The SMILES string of the molecule is O=C1O[C@@H]2CO[C@H](c3ccccc3)O[C@@H]2[C@H]1OC(c1ccccc1)c1ccccc1. The third-order valence-electron chi connectivity index (χ3n) is 5.42. The van der Waals surface area contributed by atoms with Gasteiger partial charge in [0.25, 0.3) is 0 Å². The molecule has 2 saturated heterocycles. The molecule has 0 radical (unpaired) electrons. The van der Waals surface area contributed by atoms with Gasteiger partial charge in [-0.25, -0.2) is 4.79 Å². The molecule has 2 aliphatic heterocycles. The predicted octanol–water partition coefficient (Wildman–Crippen LogP) is 4.20. The number of fused-ring (bicyclic) bond motifs is 1. The maximum Gasteiger partial charge on any atom is 0.338 e. The lowest BCUT2D eigenvalue weighted by Gasteiger charge is -2.33. The van der Waals surface area contributed by atoms with Crippen LogP contribution in [0.2, 0.25) is 0 Å². The third-order valence-corrected chi connectivity index (χ3v) is 5.42. The van der Waals surface area contributed by atoms with E-state index in [1.54, 1.807) is 0 Å². The molecule has 0 aliphatic carbocycles. The van der Waals surface area contributed by atoms with E-state index >= 15 is 0 Å². The fourth-order valence-electron chi connectivity index (χ4n) is 3.93. The van der Waals surface area contributed by atoms with Crippen LogP contribution in [0.3, 0.4) is 0 Å². The number of benzene rings is 3. The van der Waals surface area contributed by atoms with Crippen LogP contribution in [0.4, 0.5) is 0 Å². The Morgan fingerprint density at radius 3 is 1.97 bits per heavy atom. The van der Waals surface area contributed by atoms with E-state index in [2.05, 4.69) is 0 Å². The lowest BCUT2D eigenvalue weighted by Crippen LogP contribution is -2.44. The van der Waals surface area contributed by atoms with Crippen molar-refractivity contribution >= 4 is 5.97 Å². The highest BCUT2D eigenvalue weighted by molar-refractivity contribution is 5.78. The van der Waals surface area contributed by atoms with Crippen molar-refractivity contribution in [2.45, 2.75) is 30.7 Å². The van der Waals surface area contributed by atoms with Crippen LogP contribution in [-0.4, -0.2) is 30.9 Å². The van der Waals surface area contributed by atoms with E-state index in [-0.39, 0.29) is 6.61 Å². The summed E-state index contributed by atoms with van der Waals surface area (Å²) in [4.78, 5) is 12.7. The monoisotopic (exact) mass is 402 g/mol. The van der Waals surface area contributed by atoms with Crippen LogP contribution >= 0.6 is 0 Å². The first kappa shape index (κ1) is 19.0. The molecule has 5 nitrogen and oxygen atoms in total. The number of ether oxygens (including phenoxy) is 4. The third kappa shape index (κ3) is 3.75. The minimum Gasteiger partial charge on any atom is -0.455 e. The van der Waals surface area contributed by atoms with Gasteiger partial charge in [0.2, 0.25) is 0 Å². The second-order valence-electron chi connectivity index (χ2n) is 7.41. The Labute approximate surface area is 175 Å². The summed E-state index contributed by atoms with van der Waals surface area (Å²) in [6.45, 7) is 0.275. The molecule has 2 heterocycles. The van der Waals surface area contributed by atoms with Gasteiger partial charge < -0.3 is 18.9 Å². The van der Waals surface area contributed by atoms with Gasteiger partial charge in [-0.2, -0.15) is 0 Å². The largest absolute Gasteiger partial charge is 0.455 e. The fraction of sp³-hybridized carbons (Fsp3) is 0.240. The number of hydrogen-bond acceptors (Lipinski definition) is 5. The van der Waals surface area contributed by atoms with Crippen LogP contribution < -0.4 is 0 Å². The van der Waals surface area contributed by atoms with E-state index in [9.17, 15) is 4.79 Å². The molecule has 5 rings (SSSR count). The van der Waals surface area contributed by atoms with E-state index in [1.165, 1.54) is 0 Å². The molecular weight excluding hydrogens is 380 g/mol. The number of carbonyl (C=O) groups excluding carboxylic acids is 1. The number of hydrogen-bond donors (Lipinski definition) is 0. The normalized spacial score (nSPS) is 25.7. The molecule has 2 fully saturated rings. The molecule has 5 heteroatoms. The molecule has 0 unspecified atom stereocenters. The Balaban J connectivity index is 1.42. The maximum absolute atomic E-state index is 12.7. The Morgan fingerprint density at radius 1 is 0.800 bits per heavy atom. The average molecular weight is 402 g/mol. The van der Waals surface area contributed by atoms with Crippen molar-refractivity contribution in [3.05, 3.63) is 108 Å². The lowest BCUT2D eigenvalue weighted by molar-refractivity contribution is -0.256. The second-order valence-corrected chi connectivity index (χ2v) is 7.41. The van der Waals surface area contributed by atoms with Crippen molar-refractivity contribution < 1.29 is 23.7 Å². The quantitative estimate of drug-likeness (QED) is 0.599. The molecule has 0 amide bonds. The van der Waals surface area contributed by atoms with Gasteiger partial charge in [0, 0.05) is 5.56 Å². The minimum absolute atomic E-state index is 0.275. The maximum atomic E-state index is 12.7. The minimum atomic E-state index is -0.837. The molecule has 152 valence electrons. The van der Waals surface area contributed by atoms with Crippen molar-refractivity contribution in [1.82, 2.24) is 0 Å². The van der Waals surface area contributed by atoms with E-state index in [1.807, 2.05) is 91.0 Å². The summed E-state index contributed by atoms with van der Waals surface area (Å²) in [5.74, 6) is -0.417.